The van der Waals surface area contributed by atoms with Crippen LogP contribution in [0.1, 0.15) is 22.5 Å². The van der Waals surface area contributed by atoms with E-state index in [0.29, 0.717) is 23.9 Å². The fourth-order valence-corrected chi connectivity index (χ4v) is 4.64. The zero-order valence-electron chi connectivity index (χ0n) is 14.0. The van der Waals surface area contributed by atoms with Gasteiger partial charge in [0.2, 0.25) is 5.95 Å². The lowest BCUT2D eigenvalue weighted by molar-refractivity contribution is 0.0936. The van der Waals surface area contributed by atoms with Crippen LogP contribution in [0.4, 0.5) is 5.95 Å². The molecule has 9 heteroatoms. The third kappa shape index (κ3) is 5.15. The Morgan fingerprint density at radius 3 is 2.88 bits per heavy atom. The van der Waals surface area contributed by atoms with Crippen LogP contribution >= 0.6 is 11.6 Å². The van der Waals surface area contributed by atoms with Crippen LogP contribution < -0.4 is 10.6 Å². The molecular weight excluding hydrogens is 376 g/mol. The van der Waals surface area contributed by atoms with Gasteiger partial charge in [0.05, 0.1) is 11.5 Å². The monoisotopic (exact) mass is 394 g/mol. The Labute approximate surface area is 157 Å². The third-order valence-corrected chi connectivity index (χ3v) is 6.04. The number of benzene rings is 1. The predicted octanol–water partition coefficient (Wildman–Crippen LogP) is 1.70. The van der Waals surface area contributed by atoms with Crippen LogP contribution in [-0.2, 0) is 16.3 Å². The van der Waals surface area contributed by atoms with Gasteiger partial charge >= 0.3 is 0 Å². The summed E-state index contributed by atoms with van der Waals surface area (Å²) in [6, 6.07) is 8.72. The molecule has 3 rings (SSSR count). The molecule has 1 atom stereocenters. The van der Waals surface area contributed by atoms with Crippen LogP contribution in [0.2, 0.25) is 5.02 Å². The molecule has 1 saturated heterocycles. The Morgan fingerprint density at radius 2 is 2.15 bits per heavy atom. The fraction of sp³-hybridized carbons (Fsp3) is 0.353. The maximum Gasteiger partial charge on any atom is 0.270 e. The summed E-state index contributed by atoms with van der Waals surface area (Å²) < 4.78 is 22.9. The first-order valence-electron chi connectivity index (χ1n) is 8.24. The zero-order chi connectivity index (χ0) is 18.6. The zero-order valence-corrected chi connectivity index (χ0v) is 15.6. The Hall–Kier alpha value is -2.19. The van der Waals surface area contributed by atoms with E-state index in [4.69, 9.17) is 11.6 Å². The summed E-state index contributed by atoms with van der Waals surface area (Å²) in [6.07, 6.45) is 2.67. The first-order chi connectivity index (χ1) is 12.4. The van der Waals surface area contributed by atoms with Crippen LogP contribution in [0, 0.1) is 0 Å². The van der Waals surface area contributed by atoms with Crippen molar-refractivity contribution < 1.29 is 13.2 Å². The molecule has 138 valence electrons. The molecular formula is C17H19ClN4O3S. The fourth-order valence-electron chi connectivity index (χ4n) is 2.75. The van der Waals surface area contributed by atoms with Crippen molar-refractivity contribution >= 4 is 33.3 Å². The number of hydrogen-bond donors (Lipinski definition) is 2. The molecule has 1 aromatic heterocycles. The van der Waals surface area contributed by atoms with Crippen molar-refractivity contribution in [3.8, 4) is 0 Å². The number of anilines is 1. The molecule has 0 aliphatic carbocycles. The van der Waals surface area contributed by atoms with Gasteiger partial charge in [0.25, 0.3) is 5.91 Å². The lowest BCUT2D eigenvalue weighted by Crippen LogP contribution is -2.36. The van der Waals surface area contributed by atoms with E-state index in [1.807, 2.05) is 24.3 Å². The van der Waals surface area contributed by atoms with Crippen molar-refractivity contribution in [2.45, 2.75) is 18.9 Å². The number of rotatable bonds is 6. The Kier molecular flexibility index (Phi) is 5.73. The maximum atomic E-state index is 12.3. The molecule has 1 unspecified atom stereocenters. The molecule has 1 aromatic carbocycles. The summed E-state index contributed by atoms with van der Waals surface area (Å²) in [5.41, 5.74) is 1.29. The Balaban J connectivity index is 1.55. The number of aromatic nitrogens is 2. The predicted molar refractivity (Wildman–Crippen MR) is 100 cm³/mol. The summed E-state index contributed by atoms with van der Waals surface area (Å²) in [5, 5.41) is 6.48. The van der Waals surface area contributed by atoms with Gasteiger partial charge in [0.15, 0.2) is 9.84 Å². The first kappa shape index (κ1) is 18.6. The number of carbonyl (C=O) groups excluding carboxylic acids is 1. The van der Waals surface area contributed by atoms with E-state index in [0.717, 1.165) is 12.0 Å². The second kappa shape index (κ2) is 8.01. The Morgan fingerprint density at radius 1 is 1.31 bits per heavy atom. The second-order valence-electron chi connectivity index (χ2n) is 6.15. The molecule has 0 saturated carbocycles. The number of hydrogen-bond acceptors (Lipinski definition) is 6. The summed E-state index contributed by atoms with van der Waals surface area (Å²) in [7, 11) is -3.04. The summed E-state index contributed by atoms with van der Waals surface area (Å²) in [5.74, 6) is 0.0400. The highest BCUT2D eigenvalue weighted by atomic mass is 35.5. The van der Waals surface area contributed by atoms with Crippen molar-refractivity contribution in [3.63, 3.8) is 0 Å². The normalized spacial score (nSPS) is 18.4. The second-order valence-corrected chi connectivity index (χ2v) is 8.81. The number of sulfone groups is 1. The van der Waals surface area contributed by atoms with Crippen molar-refractivity contribution in [1.29, 1.82) is 0 Å². The van der Waals surface area contributed by atoms with Gasteiger partial charge < -0.3 is 10.6 Å². The number of amides is 1. The number of nitrogens with zero attached hydrogens (tertiary/aromatic N) is 2. The molecule has 0 bridgehead atoms. The molecule has 2 N–H and O–H groups in total. The highest BCUT2D eigenvalue weighted by Gasteiger charge is 2.29. The average Bonchev–Trinajstić information content (AvgIpc) is 2.94. The minimum absolute atomic E-state index is 0.0193. The van der Waals surface area contributed by atoms with Gasteiger partial charge in [-0.15, -0.1) is 0 Å². The molecule has 2 aromatic rings. The minimum Gasteiger partial charge on any atom is -0.354 e. The largest absolute Gasteiger partial charge is 0.354 e. The van der Waals surface area contributed by atoms with E-state index in [9.17, 15) is 13.2 Å². The average molecular weight is 395 g/mol. The summed E-state index contributed by atoms with van der Waals surface area (Å²) in [6.45, 7) is 0.590. The Bertz CT molecular complexity index is 904. The molecule has 1 aliphatic rings. The standard InChI is InChI=1S/C17H19ClN4O3S/c18-13-3-1-2-12(10-13)4-7-19-17-20-8-5-15(22-17)16(23)21-14-6-9-26(24,25)11-14/h1-3,5,8,10,14H,4,6-7,9,11H2,(H,21,23)(H,19,20,22). The molecule has 2 heterocycles. The van der Waals surface area contributed by atoms with Crippen molar-refractivity contribution in [3.05, 3.63) is 52.8 Å². The lowest BCUT2D eigenvalue weighted by Gasteiger charge is -2.11. The highest BCUT2D eigenvalue weighted by molar-refractivity contribution is 7.91. The van der Waals surface area contributed by atoms with E-state index >= 15 is 0 Å². The van der Waals surface area contributed by atoms with Gasteiger partial charge in [-0.3, -0.25) is 4.79 Å². The third-order valence-electron chi connectivity index (χ3n) is 4.04. The van der Waals surface area contributed by atoms with Crippen LogP contribution in [0.15, 0.2) is 36.5 Å². The van der Waals surface area contributed by atoms with Gasteiger partial charge in [-0.1, -0.05) is 23.7 Å². The van der Waals surface area contributed by atoms with Gasteiger partial charge in [-0.05, 0) is 36.6 Å². The lowest BCUT2D eigenvalue weighted by atomic mass is 10.1. The minimum atomic E-state index is -3.04. The van der Waals surface area contributed by atoms with Crippen LogP contribution in [0.25, 0.3) is 0 Å². The topological polar surface area (TPSA) is 101 Å². The quantitative estimate of drug-likeness (QED) is 0.773. The van der Waals surface area contributed by atoms with Crippen LogP contribution in [0.3, 0.4) is 0 Å². The van der Waals surface area contributed by atoms with E-state index in [1.165, 1.54) is 12.3 Å². The van der Waals surface area contributed by atoms with Gasteiger partial charge in [-0.25, -0.2) is 18.4 Å². The van der Waals surface area contributed by atoms with Crippen molar-refractivity contribution in [2.75, 3.05) is 23.4 Å². The van der Waals surface area contributed by atoms with Crippen LogP contribution in [-0.4, -0.2) is 48.4 Å². The smallest absolute Gasteiger partial charge is 0.270 e. The van der Waals surface area contributed by atoms with Gasteiger partial charge in [0, 0.05) is 23.8 Å². The van der Waals surface area contributed by atoms with Gasteiger partial charge in [-0.2, -0.15) is 0 Å². The van der Waals surface area contributed by atoms with Gasteiger partial charge in [0.1, 0.15) is 5.69 Å². The van der Waals surface area contributed by atoms with E-state index in [-0.39, 0.29) is 23.2 Å². The number of nitrogens with one attached hydrogen (secondary N) is 2. The molecule has 1 fully saturated rings. The molecule has 26 heavy (non-hydrogen) atoms. The van der Waals surface area contributed by atoms with Crippen LogP contribution in [0.5, 0.6) is 0 Å². The molecule has 1 amide bonds. The molecule has 0 spiro atoms. The SMILES string of the molecule is O=C(NC1CCS(=O)(=O)C1)c1ccnc(NCCc2cccc(Cl)c2)n1. The molecule has 7 nitrogen and oxygen atoms in total. The first-order valence-corrected chi connectivity index (χ1v) is 10.4. The summed E-state index contributed by atoms with van der Waals surface area (Å²) >= 11 is 5.96. The van der Waals surface area contributed by atoms with E-state index in [1.54, 1.807) is 0 Å². The van der Waals surface area contributed by atoms with E-state index in [2.05, 4.69) is 20.6 Å². The highest BCUT2D eigenvalue weighted by Crippen LogP contribution is 2.13. The maximum absolute atomic E-state index is 12.3. The van der Waals surface area contributed by atoms with Crippen molar-refractivity contribution in [1.82, 2.24) is 15.3 Å². The number of halogens is 1. The summed E-state index contributed by atoms with van der Waals surface area (Å²) in [4.78, 5) is 20.5. The van der Waals surface area contributed by atoms with Crippen molar-refractivity contribution in [2.24, 2.45) is 0 Å². The van der Waals surface area contributed by atoms with E-state index < -0.39 is 15.7 Å². The molecule has 1 aliphatic heterocycles. The number of carbonyl (C=O) groups is 1. The molecule has 0 radical (unpaired) electrons.